The Morgan fingerprint density at radius 1 is 0.885 bits per heavy atom. The average Bonchev–Trinajstić information content (AvgIpc) is 2.56. The molecule has 5 atom stereocenters. The van der Waals surface area contributed by atoms with Crippen LogP contribution in [0.15, 0.2) is 0 Å². The number of hydrogen-bond acceptors (Lipinski definition) is 6. The first kappa shape index (κ1) is 20.1. The van der Waals surface area contributed by atoms with Gasteiger partial charge in [0.2, 0.25) is 23.3 Å². The van der Waals surface area contributed by atoms with Gasteiger partial charge in [-0.2, -0.15) is 0 Å². The van der Waals surface area contributed by atoms with Crippen molar-refractivity contribution in [1.82, 2.24) is 20.9 Å². The largest absolute Gasteiger partial charge is 0.355 e. The average molecular weight is 369 g/mol. The summed E-state index contributed by atoms with van der Waals surface area (Å²) < 4.78 is 0. The van der Waals surface area contributed by atoms with Gasteiger partial charge in [-0.1, -0.05) is 0 Å². The fourth-order valence-corrected chi connectivity index (χ4v) is 4.32. The smallest absolute Gasteiger partial charge is 0.227 e. The zero-order chi connectivity index (χ0) is 19.5. The number of hydrogen-bond donors (Lipinski definition) is 3. The first-order valence-electron chi connectivity index (χ1n) is 8.80. The Balaban J connectivity index is 2.28. The van der Waals surface area contributed by atoms with Crippen molar-refractivity contribution in [2.24, 2.45) is 0 Å². The molecule has 0 aromatic carbocycles. The maximum atomic E-state index is 11.9. The summed E-state index contributed by atoms with van der Waals surface area (Å²) in [5, 5.41) is 20.2. The zero-order valence-corrected chi connectivity index (χ0v) is 15.4. The highest BCUT2D eigenvalue weighted by Crippen LogP contribution is 2.44. The number of amides is 3. The number of nitrogens with one attached hydrogen (secondary N) is 3. The van der Waals surface area contributed by atoms with Crippen LogP contribution in [-0.2, 0) is 14.4 Å². The lowest BCUT2D eigenvalue weighted by Crippen LogP contribution is -2.73. The molecule has 3 aliphatic heterocycles. The van der Waals surface area contributed by atoms with E-state index >= 15 is 0 Å². The van der Waals surface area contributed by atoms with E-state index in [-0.39, 0.29) is 40.8 Å². The highest BCUT2D eigenvalue weighted by atomic mass is 16.6. The van der Waals surface area contributed by atoms with Crippen LogP contribution in [0.4, 0.5) is 0 Å². The third-order valence-electron chi connectivity index (χ3n) is 5.26. The van der Waals surface area contributed by atoms with Crippen molar-refractivity contribution in [3.63, 3.8) is 0 Å². The fourth-order valence-electron chi connectivity index (χ4n) is 4.32. The van der Waals surface area contributed by atoms with Crippen LogP contribution in [0, 0.1) is 10.1 Å². The lowest BCUT2D eigenvalue weighted by Gasteiger charge is -2.56. The minimum atomic E-state index is -1.11. The number of carbonyl (C=O) groups is 3. The minimum absolute atomic E-state index is 0.195. The molecule has 146 valence electrons. The zero-order valence-electron chi connectivity index (χ0n) is 15.4. The molecule has 3 heterocycles. The van der Waals surface area contributed by atoms with Gasteiger partial charge in [-0.15, -0.1) is 0 Å². The summed E-state index contributed by atoms with van der Waals surface area (Å²) in [4.78, 5) is 47.8. The van der Waals surface area contributed by atoms with E-state index < -0.39 is 5.54 Å². The molecule has 3 rings (SSSR count). The van der Waals surface area contributed by atoms with Crippen molar-refractivity contribution in [2.45, 2.75) is 63.7 Å². The lowest BCUT2D eigenvalue weighted by molar-refractivity contribution is -0.588. The maximum Gasteiger partial charge on any atom is 0.227 e. The van der Waals surface area contributed by atoms with E-state index in [0.717, 1.165) is 0 Å². The van der Waals surface area contributed by atoms with Gasteiger partial charge in [-0.3, -0.25) is 29.4 Å². The summed E-state index contributed by atoms with van der Waals surface area (Å²) in [7, 11) is 0. The Hall–Kier alpha value is -2.23. The Morgan fingerprint density at radius 2 is 1.19 bits per heavy atom. The highest BCUT2D eigenvalue weighted by Gasteiger charge is 2.60. The van der Waals surface area contributed by atoms with Gasteiger partial charge in [0.1, 0.15) is 0 Å². The van der Waals surface area contributed by atoms with Crippen molar-refractivity contribution < 1.29 is 19.3 Å². The van der Waals surface area contributed by atoms with E-state index in [1.165, 1.54) is 20.8 Å². The van der Waals surface area contributed by atoms with Crippen LogP contribution in [0.1, 0.15) is 40.0 Å². The van der Waals surface area contributed by atoms with E-state index in [0.29, 0.717) is 38.9 Å². The maximum absolute atomic E-state index is 11.9. The van der Waals surface area contributed by atoms with Gasteiger partial charge in [-0.05, 0) is 0 Å². The Labute approximate surface area is 152 Å². The molecule has 2 unspecified atom stereocenters. The third-order valence-corrected chi connectivity index (χ3v) is 5.26. The van der Waals surface area contributed by atoms with Crippen molar-refractivity contribution in [2.75, 3.05) is 19.6 Å². The Morgan fingerprint density at radius 3 is 1.42 bits per heavy atom. The first-order valence-corrected chi connectivity index (χ1v) is 8.80. The molecule has 3 fully saturated rings. The molecule has 0 radical (unpaired) electrons. The van der Waals surface area contributed by atoms with Gasteiger partial charge >= 0.3 is 0 Å². The molecule has 3 saturated heterocycles. The Kier molecular flexibility index (Phi) is 6.17. The predicted octanol–water partition coefficient (Wildman–Crippen LogP) is -0.984. The van der Waals surface area contributed by atoms with Gasteiger partial charge < -0.3 is 16.0 Å². The molecule has 10 nitrogen and oxygen atoms in total. The van der Waals surface area contributed by atoms with Gasteiger partial charge in [0.25, 0.3) is 0 Å². The summed E-state index contributed by atoms with van der Waals surface area (Å²) in [6.45, 7) is 5.13. The van der Waals surface area contributed by atoms with Crippen molar-refractivity contribution in [3.05, 3.63) is 10.1 Å². The minimum Gasteiger partial charge on any atom is -0.355 e. The van der Waals surface area contributed by atoms with Crippen LogP contribution in [-0.4, -0.2) is 70.8 Å². The number of rotatable bonds is 7. The second-order valence-corrected chi connectivity index (χ2v) is 7.31. The molecule has 10 heteroatoms. The molecule has 0 aliphatic carbocycles. The lowest BCUT2D eigenvalue weighted by atomic mass is 9.69. The van der Waals surface area contributed by atoms with Gasteiger partial charge in [0.05, 0.1) is 0 Å². The van der Waals surface area contributed by atoms with Crippen molar-refractivity contribution in [1.29, 1.82) is 0 Å². The van der Waals surface area contributed by atoms with Crippen LogP contribution in [0.25, 0.3) is 0 Å². The fraction of sp³-hybridized carbons (Fsp3) is 0.812. The van der Waals surface area contributed by atoms with Crippen molar-refractivity contribution in [3.8, 4) is 0 Å². The molecule has 0 aromatic heterocycles. The van der Waals surface area contributed by atoms with E-state index in [4.69, 9.17) is 0 Å². The number of piperidine rings is 3. The number of nitro groups is 1. The SMILES string of the molecule is CC(=O)NCC1C[C@]2([N+](=O)[O-])C[C@@H](CNC(C)=O)N1[C@@H](CNC(C)=O)C2. The summed E-state index contributed by atoms with van der Waals surface area (Å²) in [6.07, 6.45) is 1.02. The van der Waals surface area contributed by atoms with Crippen LogP contribution in [0.3, 0.4) is 0 Å². The van der Waals surface area contributed by atoms with E-state index in [1.54, 1.807) is 0 Å². The molecular weight excluding hydrogens is 342 g/mol. The quantitative estimate of drug-likeness (QED) is 0.390. The summed E-state index contributed by atoms with van der Waals surface area (Å²) >= 11 is 0. The van der Waals surface area contributed by atoms with E-state index in [9.17, 15) is 24.5 Å². The Bertz CT molecular complexity index is 526. The summed E-state index contributed by atoms with van der Waals surface area (Å²) in [5.41, 5.74) is -1.11. The van der Waals surface area contributed by atoms with Crippen LogP contribution in [0.2, 0.25) is 0 Å². The van der Waals surface area contributed by atoms with E-state index in [2.05, 4.69) is 20.9 Å². The van der Waals surface area contributed by atoms with Gasteiger partial charge in [0.15, 0.2) is 0 Å². The van der Waals surface area contributed by atoms with Gasteiger partial charge in [-0.25, -0.2) is 0 Å². The van der Waals surface area contributed by atoms with Crippen LogP contribution in [0.5, 0.6) is 0 Å². The first-order chi connectivity index (χ1) is 12.1. The standard InChI is InChI=1S/C16H27N5O5/c1-10(22)17-7-13-4-16(21(25)26)5-14(8-18-11(2)23)20(13)15(6-16)9-19-12(3)24/h13-15H,4-9H2,1-3H3,(H,17,22)(H,18,23)(H,19,24)/t13-,14+,15?,16-. The number of fused-ring (bicyclic) bond motifs is 3. The molecule has 3 amide bonds. The van der Waals surface area contributed by atoms with Crippen LogP contribution >= 0.6 is 0 Å². The molecule has 0 saturated carbocycles. The molecule has 26 heavy (non-hydrogen) atoms. The molecule has 0 aromatic rings. The second-order valence-electron chi connectivity index (χ2n) is 7.31. The van der Waals surface area contributed by atoms with Crippen LogP contribution < -0.4 is 16.0 Å². The molecular formula is C16H27N5O5. The second kappa shape index (κ2) is 7.98. The predicted molar refractivity (Wildman–Crippen MR) is 92.8 cm³/mol. The topological polar surface area (TPSA) is 134 Å². The molecule has 2 bridgehead atoms. The van der Waals surface area contributed by atoms with Crippen molar-refractivity contribution >= 4 is 17.7 Å². The molecule has 3 aliphatic rings. The normalized spacial score (nSPS) is 32.6. The summed E-state index contributed by atoms with van der Waals surface area (Å²) in [6, 6.07) is -0.655. The summed E-state index contributed by atoms with van der Waals surface area (Å²) in [5.74, 6) is -0.584. The molecule has 0 spiro atoms. The number of nitrogens with zero attached hydrogens (tertiary/aromatic N) is 2. The number of carbonyl (C=O) groups excluding carboxylic acids is 3. The molecule has 3 N–H and O–H groups in total. The van der Waals surface area contributed by atoms with E-state index in [1.807, 2.05) is 0 Å². The third kappa shape index (κ3) is 4.48. The highest BCUT2D eigenvalue weighted by molar-refractivity contribution is 5.73. The monoisotopic (exact) mass is 369 g/mol. The van der Waals surface area contributed by atoms with Gasteiger partial charge in [0, 0.05) is 82.7 Å².